The largest absolute Gasteiger partial charge is 0.496 e. The second kappa shape index (κ2) is 15.3. The van der Waals surface area contributed by atoms with Gasteiger partial charge in [-0.3, -0.25) is 0 Å². The predicted octanol–water partition coefficient (Wildman–Crippen LogP) is 6.75. The number of hydrogen-bond acceptors (Lipinski definition) is 6. The molecule has 2 aliphatic heterocycles. The third-order valence-electron chi connectivity index (χ3n) is 7.94. The van der Waals surface area contributed by atoms with Crippen LogP contribution in [0.15, 0.2) is 54.6 Å². The van der Waals surface area contributed by atoms with Crippen LogP contribution < -0.4 is 29.6 Å². The van der Waals surface area contributed by atoms with Crippen molar-refractivity contribution in [1.82, 2.24) is 10.6 Å². The van der Waals surface area contributed by atoms with Crippen molar-refractivity contribution in [3.63, 3.8) is 0 Å². The zero-order valence-corrected chi connectivity index (χ0v) is 26.6. The highest BCUT2D eigenvalue weighted by Crippen LogP contribution is 2.39. The van der Waals surface area contributed by atoms with Crippen molar-refractivity contribution >= 4 is 0 Å². The van der Waals surface area contributed by atoms with Crippen LogP contribution in [-0.4, -0.2) is 47.5 Å². The summed E-state index contributed by atoms with van der Waals surface area (Å²) < 4.78 is 23.0. The Balaban J connectivity index is 0.000000201. The van der Waals surface area contributed by atoms with Crippen LogP contribution in [0.5, 0.6) is 23.0 Å². The van der Waals surface area contributed by atoms with Crippen molar-refractivity contribution in [3.8, 4) is 23.0 Å². The number of benzene rings is 3. The summed E-state index contributed by atoms with van der Waals surface area (Å²) in [4.78, 5) is 0. The summed E-state index contributed by atoms with van der Waals surface area (Å²) in [7, 11) is 5.24. The first-order chi connectivity index (χ1) is 20.3. The molecule has 0 bridgehead atoms. The van der Waals surface area contributed by atoms with Crippen molar-refractivity contribution < 1.29 is 18.9 Å². The number of rotatable bonds is 12. The van der Waals surface area contributed by atoms with Gasteiger partial charge in [-0.2, -0.15) is 0 Å². The maximum atomic E-state index is 6.22. The van der Waals surface area contributed by atoms with Crippen molar-refractivity contribution in [2.45, 2.75) is 59.0 Å². The monoisotopic (exact) mass is 574 g/mol. The summed E-state index contributed by atoms with van der Waals surface area (Å²) in [6, 6.07) is 19.0. The SMILES string of the molecule is COc1cc(C2CNC2)c(OCc2ccccc2)cc1CC(C)C.COc1cc(CC(C)C)cc(OC)c1C1CNC1. The molecule has 6 nitrogen and oxygen atoms in total. The molecule has 0 unspecified atom stereocenters. The van der Waals surface area contributed by atoms with E-state index in [2.05, 4.69) is 74.7 Å². The minimum absolute atomic E-state index is 0.512. The van der Waals surface area contributed by atoms with Crippen LogP contribution in [0, 0.1) is 11.8 Å². The molecule has 2 N–H and O–H groups in total. The van der Waals surface area contributed by atoms with Gasteiger partial charge in [0.1, 0.15) is 29.6 Å². The molecule has 2 fully saturated rings. The smallest absolute Gasteiger partial charge is 0.126 e. The van der Waals surface area contributed by atoms with E-state index in [1.807, 2.05) is 18.2 Å². The Morgan fingerprint density at radius 2 is 1.21 bits per heavy atom. The molecule has 0 aromatic heterocycles. The van der Waals surface area contributed by atoms with E-state index in [4.69, 9.17) is 18.9 Å². The molecule has 0 saturated carbocycles. The zero-order valence-electron chi connectivity index (χ0n) is 26.6. The minimum atomic E-state index is 0.512. The fourth-order valence-corrected chi connectivity index (χ4v) is 5.57. The van der Waals surface area contributed by atoms with Crippen LogP contribution in [0.25, 0.3) is 0 Å². The van der Waals surface area contributed by atoms with Gasteiger partial charge in [0.05, 0.1) is 21.3 Å². The first kappa shape index (κ1) is 31.7. The Morgan fingerprint density at radius 3 is 1.69 bits per heavy atom. The Labute approximate surface area is 253 Å². The van der Waals surface area contributed by atoms with Gasteiger partial charge in [0.25, 0.3) is 0 Å². The molecule has 2 saturated heterocycles. The molecule has 0 amide bonds. The van der Waals surface area contributed by atoms with Gasteiger partial charge in [0.15, 0.2) is 0 Å². The van der Waals surface area contributed by atoms with Crippen molar-refractivity contribution in [1.29, 1.82) is 0 Å². The van der Waals surface area contributed by atoms with E-state index in [0.717, 1.165) is 62.0 Å². The second-order valence-electron chi connectivity index (χ2n) is 12.3. The second-order valence-corrected chi connectivity index (χ2v) is 12.3. The van der Waals surface area contributed by atoms with E-state index in [-0.39, 0.29) is 0 Å². The van der Waals surface area contributed by atoms with Gasteiger partial charge in [-0.15, -0.1) is 0 Å². The lowest BCUT2D eigenvalue weighted by Gasteiger charge is -2.30. The van der Waals surface area contributed by atoms with Crippen molar-refractivity contribution in [2.75, 3.05) is 47.5 Å². The summed E-state index contributed by atoms with van der Waals surface area (Å²) in [6.45, 7) is 13.5. The maximum Gasteiger partial charge on any atom is 0.126 e. The average Bonchev–Trinajstić information content (AvgIpc) is 2.91. The Morgan fingerprint density at radius 1 is 0.643 bits per heavy atom. The molecule has 6 heteroatoms. The first-order valence-corrected chi connectivity index (χ1v) is 15.4. The highest BCUT2D eigenvalue weighted by Gasteiger charge is 2.27. The number of nitrogens with one attached hydrogen (secondary N) is 2. The summed E-state index contributed by atoms with van der Waals surface area (Å²) in [5, 5.41) is 6.65. The van der Waals surface area contributed by atoms with E-state index in [0.29, 0.717) is 30.3 Å². The van der Waals surface area contributed by atoms with E-state index < -0.39 is 0 Å². The molecule has 0 spiro atoms. The molecule has 0 aliphatic carbocycles. The van der Waals surface area contributed by atoms with Crippen LogP contribution >= 0.6 is 0 Å². The molecule has 3 aromatic rings. The van der Waals surface area contributed by atoms with Crippen LogP contribution in [-0.2, 0) is 19.4 Å². The van der Waals surface area contributed by atoms with Crippen LogP contribution in [0.2, 0.25) is 0 Å². The van der Waals surface area contributed by atoms with E-state index in [1.54, 1.807) is 21.3 Å². The number of methoxy groups -OCH3 is 3. The highest BCUT2D eigenvalue weighted by atomic mass is 16.5. The molecule has 228 valence electrons. The molecule has 2 heterocycles. The molecular weight excluding hydrogens is 524 g/mol. The van der Waals surface area contributed by atoms with Gasteiger partial charge in [-0.25, -0.2) is 0 Å². The van der Waals surface area contributed by atoms with Crippen LogP contribution in [0.4, 0.5) is 0 Å². The van der Waals surface area contributed by atoms with Crippen molar-refractivity contribution in [2.24, 2.45) is 11.8 Å². The molecule has 0 radical (unpaired) electrons. The normalized spacial score (nSPS) is 15.0. The summed E-state index contributed by atoms with van der Waals surface area (Å²) >= 11 is 0. The predicted molar refractivity (Wildman–Crippen MR) is 172 cm³/mol. The fraction of sp³-hybridized carbons (Fsp3) is 0.500. The molecule has 2 aliphatic rings. The molecule has 42 heavy (non-hydrogen) atoms. The highest BCUT2D eigenvalue weighted by molar-refractivity contribution is 5.52. The van der Waals surface area contributed by atoms with Gasteiger partial charge in [-0.1, -0.05) is 58.0 Å². The van der Waals surface area contributed by atoms with Gasteiger partial charge in [-0.05, 0) is 65.6 Å². The first-order valence-electron chi connectivity index (χ1n) is 15.4. The molecule has 5 rings (SSSR count). The number of hydrogen-bond donors (Lipinski definition) is 2. The van der Waals surface area contributed by atoms with Gasteiger partial charge in [0, 0.05) is 49.1 Å². The Hall–Kier alpha value is -3.22. The number of ether oxygens (including phenoxy) is 4. The fourth-order valence-electron chi connectivity index (χ4n) is 5.57. The van der Waals surface area contributed by atoms with E-state index >= 15 is 0 Å². The minimum Gasteiger partial charge on any atom is -0.496 e. The summed E-state index contributed by atoms with van der Waals surface area (Å²) in [5.41, 5.74) is 6.18. The molecule has 3 aromatic carbocycles. The Kier molecular flexibility index (Phi) is 11.6. The van der Waals surface area contributed by atoms with Gasteiger partial charge >= 0.3 is 0 Å². The molecular formula is C36H50N2O4. The lowest BCUT2D eigenvalue weighted by atomic mass is 9.90. The zero-order chi connectivity index (χ0) is 30.1. The maximum absolute atomic E-state index is 6.22. The topological polar surface area (TPSA) is 61.0 Å². The average molecular weight is 575 g/mol. The van der Waals surface area contributed by atoms with Crippen molar-refractivity contribution in [3.05, 3.63) is 82.4 Å². The Bertz CT molecular complexity index is 1240. The van der Waals surface area contributed by atoms with Crippen LogP contribution in [0.3, 0.4) is 0 Å². The quantitative estimate of drug-likeness (QED) is 0.250. The molecule has 0 atom stereocenters. The van der Waals surface area contributed by atoms with E-state index in [9.17, 15) is 0 Å². The third-order valence-corrected chi connectivity index (χ3v) is 7.94. The standard InChI is InChI=1S/C21H27NO2.C15H23NO2/c1-15(2)9-17-10-21(24-14-16-7-5-4-6-8-16)19(11-20(17)23-3)18-12-22-13-18;1-10(2)5-11-6-13(17-3)15(12-8-16-9-12)14(7-11)18-4/h4-8,10-11,15,18,22H,9,12-14H2,1-3H3;6-7,10,12,16H,5,8-9H2,1-4H3. The van der Waals surface area contributed by atoms with Gasteiger partial charge < -0.3 is 29.6 Å². The third kappa shape index (κ3) is 8.20. The summed E-state index contributed by atoms with van der Waals surface area (Å²) in [6.07, 6.45) is 2.05. The van der Waals surface area contributed by atoms with Crippen LogP contribution in [0.1, 0.15) is 67.3 Å². The van der Waals surface area contributed by atoms with E-state index in [1.165, 1.54) is 27.8 Å². The lowest BCUT2D eigenvalue weighted by Crippen LogP contribution is -2.40. The lowest BCUT2D eigenvalue weighted by molar-refractivity contribution is 0.294. The van der Waals surface area contributed by atoms with Gasteiger partial charge in [0.2, 0.25) is 0 Å². The summed E-state index contributed by atoms with van der Waals surface area (Å²) in [5.74, 6) is 6.17.